The van der Waals surface area contributed by atoms with Crippen molar-refractivity contribution in [2.45, 2.75) is 4.90 Å². The summed E-state index contributed by atoms with van der Waals surface area (Å²) in [7, 11) is 0. The van der Waals surface area contributed by atoms with Crippen molar-refractivity contribution in [3.63, 3.8) is 0 Å². The highest BCUT2D eigenvalue weighted by molar-refractivity contribution is 9.10. The zero-order valence-corrected chi connectivity index (χ0v) is 10.0. The van der Waals surface area contributed by atoms with E-state index in [1.54, 1.807) is 11.8 Å². The Labute approximate surface area is 95.5 Å². The second-order valence-corrected chi connectivity index (χ2v) is 4.96. The van der Waals surface area contributed by atoms with Crippen LogP contribution < -0.4 is 5.73 Å². The number of hydrogen-bond donors (Lipinski definition) is 1. The van der Waals surface area contributed by atoms with Crippen molar-refractivity contribution in [1.29, 1.82) is 0 Å². The Hall–Kier alpha value is -0.120. The van der Waals surface area contributed by atoms with Gasteiger partial charge in [0.1, 0.15) is 0 Å². The van der Waals surface area contributed by atoms with Gasteiger partial charge in [0.05, 0.1) is 0 Å². The molecule has 0 spiro atoms. The Morgan fingerprint density at radius 3 is 2.85 bits per heavy atom. The van der Waals surface area contributed by atoms with Gasteiger partial charge in [-0.15, -0.1) is 11.8 Å². The molecule has 4 heteroatoms. The van der Waals surface area contributed by atoms with Gasteiger partial charge in [-0.3, -0.25) is 0 Å². The first-order chi connectivity index (χ1) is 6.09. The van der Waals surface area contributed by atoms with Gasteiger partial charge in [0, 0.05) is 25.8 Å². The molecule has 70 valence electrons. The van der Waals surface area contributed by atoms with Crippen LogP contribution in [-0.2, 0) is 0 Å². The minimum Gasteiger partial charge on any atom is -0.398 e. The number of hydrogen-bond acceptors (Lipinski definition) is 2. The third-order valence-electron chi connectivity index (χ3n) is 1.36. The molecule has 0 saturated carbocycles. The lowest BCUT2D eigenvalue weighted by Crippen LogP contribution is -1.88. The number of nitrogens with two attached hydrogens (primary N) is 1. The molecule has 0 atom stereocenters. The van der Waals surface area contributed by atoms with Crippen LogP contribution in [0.2, 0.25) is 0 Å². The molecule has 0 unspecified atom stereocenters. The van der Waals surface area contributed by atoms with E-state index < -0.39 is 0 Å². The normalized spacial score (nSPS) is 10.0. The fraction of sp³-hybridized carbons (Fsp3) is 0.111. The van der Waals surface area contributed by atoms with E-state index in [1.807, 2.05) is 18.2 Å². The Bertz CT molecular complexity index is 327. The topological polar surface area (TPSA) is 26.0 Å². The molecular weight excluding hydrogens is 270 g/mol. The molecular formula is C9H9BrClNS. The van der Waals surface area contributed by atoms with Crippen molar-refractivity contribution >= 4 is 45.0 Å². The zero-order chi connectivity index (χ0) is 9.84. The summed E-state index contributed by atoms with van der Waals surface area (Å²) in [5.74, 6) is 0.688. The third kappa shape index (κ3) is 3.63. The van der Waals surface area contributed by atoms with E-state index in [-0.39, 0.29) is 0 Å². The maximum atomic E-state index is 5.78. The summed E-state index contributed by atoms with van der Waals surface area (Å²) in [4.78, 5) is 1.03. The number of benzene rings is 1. The van der Waals surface area contributed by atoms with Crippen LogP contribution in [-0.4, -0.2) is 5.75 Å². The lowest BCUT2D eigenvalue weighted by Gasteiger charge is -2.04. The van der Waals surface area contributed by atoms with Gasteiger partial charge in [0.15, 0.2) is 0 Å². The molecule has 0 saturated heterocycles. The smallest absolute Gasteiger partial charge is 0.0463 e. The first-order valence-corrected chi connectivity index (χ1v) is 5.76. The number of rotatable bonds is 3. The minimum atomic E-state index is 0.632. The largest absolute Gasteiger partial charge is 0.398 e. The molecule has 0 aliphatic heterocycles. The number of thioether (sulfide) groups is 1. The summed E-state index contributed by atoms with van der Waals surface area (Å²) in [6, 6.07) is 5.79. The quantitative estimate of drug-likeness (QED) is 0.671. The SMILES string of the molecule is C=C(Cl)CSc1ccc(Br)cc1N. The maximum Gasteiger partial charge on any atom is 0.0463 e. The van der Waals surface area contributed by atoms with Crippen LogP contribution in [0.4, 0.5) is 5.69 Å². The Kier molecular flexibility index (Phi) is 4.16. The van der Waals surface area contributed by atoms with Crippen molar-refractivity contribution in [3.8, 4) is 0 Å². The van der Waals surface area contributed by atoms with Crippen molar-refractivity contribution in [2.75, 3.05) is 11.5 Å². The van der Waals surface area contributed by atoms with Crippen LogP contribution in [0.25, 0.3) is 0 Å². The van der Waals surface area contributed by atoms with Crippen LogP contribution in [0.15, 0.2) is 39.2 Å². The van der Waals surface area contributed by atoms with Gasteiger partial charge >= 0.3 is 0 Å². The average Bonchev–Trinajstić information content (AvgIpc) is 2.02. The van der Waals surface area contributed by atoms with Gasteiger partial charge in [-0.1, -0.05) is 34.1 Å². The van der Waals surface area contributed by atoms with Crippen molar-refractivity contribution < 1.29 is 0 Å². The minimum absolute atomic E-state index is 0.632. The van der Waals surface area contributed by atoms with E-state index in [9.17, 15) is 0 Å². The molecule has 1 rings (SSSR count). The molecule has 1 aromatic rings. The van der Waals surface area contributed by atoms with E-state index in [0.29, 0.717) is 10.8 Å². The third-order valence-corrected chi connectivity index (χ3v) is 3.32. The molecule has 0 aliphatic rings. The standard InChI is InChI=1S/C9H9BrClNS/c1-6(11)5-13-9-3-2-7(10)4-8(9)12/h2-4H,1,5,12H2. The lowest BCUT2D eigenvalue weighted by molar-refractivity contribution is 1.44. The van der Waals surface area contributed by atoms with Crippen LogP contribution in [0, 0.1) is 0 Å². The Morgan fingerprint density at radius 1 is 1.62 bits per heavy atom. The molecule has 0 bridgehead atoms. The Balaban J connectivity index is 2.72. The summed E-state index contributed by atoms with van der Waals surface area (Å²) in [6.45, 7) is 3.61. The van der Waals surface area contributed by atoms with Crippen LogP contribution in [0.1, 0.15) is 0 Å². The average molecular weight is 279 g/mol. The number of nitrogen functional groups attached to an aromatic ring is 1. The van der Waals surface area contributed by atoms with E-state index in [0.717, 1.165) is 15.1 Å². The maximum absolute atomic E-state index is 5.78. The van der Waals surface area contributed by atoms with Crippen LogP contribution in [0.3, 0.4) is 0 Å². The first-order valence-electron chi connectivity index (χ1n) is 3.60. The lowest BCUT2D eigenvalue weighted by atomic mass is 10.3. The van der Waals surface area contributed by atoms with Crippen LogP contribution >= 0.6 is 39.3 Å². The molecule has 0 fully saturated rings. The summed E-state index contributed by atoms with van der Waals surface area (Å²) < 4.78 is 0.985. The molecule has 1 nitrogen and oxygen atoms in total. The van der Waals surface area contributed by atoms with E-state index >= 15 is 0 Å². The molecule has 0 heterocycles. The monoisotopic (exact) mass is 277 g/mol. The van der Waals surface area contributed by atoms with Gasteiger partial charge in [0.2, 0.25) is 0 Å². The first kappa shape index (κ1) is 11.0. The second kappa shape index (κ2) is 4.94. The summed E-state index contributed by atoms with van der Waals surface area (Å²) in [5.41, 5.74) is 6.55. The van der Waals surface area contributed by atoms with E-state index in [4.69, 9.17) is 17.3 Å². The van der Waals surface area contributed by atoms with Crippen molar-refractivity contribution in [3.05, 3.63) is 34.3 Å². The van der Waals surface area contributed by atoms with E-state index in [1.165, 1.54) is 0 Å². The number of halogens is 2. The molecule has 2 N–H and O–H groups in total. The summed E-state index contributed by atoms with van der Waals surface area (Å²) in [5, 5.41) is 0.632. The predicted octanol–water partition coefficient (Wildman–Crippen LogP) is 3.88. The fourth-order valence-corrected chi connectivity index (χ4v) is 2.05. The van der Waals surface area contributed by atoms with E-state index in [2.05, 4.69) is 22.5 Å². The van der Waals surface area contributed by atoms with Gasteiger partial charge in [0.25, 0.3) is 0 Å². The van der Waals surface area contributed by atoms with Gasteiger partial charge in [-0.2, -0.15) is 0 Å². The number of anilines is 1. The molecule has 1 aromatic carbocycles. The predicted molar refractivity (Wildman–Crippen MR) is 64.3 cm³/mol. The molecule has 0 aromatic heterocycles. The molecule has 0 aliphatic carbocycles. The summed E-state index contributed by atoms with van der Waals surface area (Å²) >= 11 is 10.6. The van der Waals surface area contributed by atoms with Crippen molar-refractivity contribution in [1.82, 2.24) is 0 Å². The highest BCUT2D eigenvalue weighted by Crippen LogP contribution is 2.29. The van der Waals surface area contributed by atoms with Gasteiger partial charge in [-0.05, 0) is 18.2 Å². The second-order valence-electron chi connectivity index (χ2n) is 2.49. The molecule has 13 heavy (non-hydrogen) atoms. The Morgan fingerprint density at radius 2 is 2.31 bits per heavy atom. The van der Waals surface area contributed by atoms with Crippen LogP contribution in [0.5, 0.6) is 0 Å². The molecule has 0 radical (unpaired) electrons. The van der Waals surface area contributed by atoms with Gasteiger partial charge < -0.3 is 5.73 Å². The fourth-order valence-electron chi connectivity index (χ4n) is 0.807. The summed E-state index contributed by atoms with van der Waals surface area (Å²) in [6.07, 6.45) is 0. The highest BCUT2D eigenvalue weighted by Gasteiger charge is 2.00. The highest BCUT2D eigenvalue weighted by atomic mass is 79.9. The van der Waals surface area contributed by atoms with Crippen molar-refractivity contribution in [2.24, 2.45) is 0 Å². The molecule has 0 amide bonds. The zero-order valence-electron chi connectivity index (χ0n) is 6.89. The van der Waals surface area contributed by atoms with Gasteiger partial charge in [-0.25, -0.2) is 0 Å².